The van der Waals surface area contributed by atoms with Crippen LogP contribution in [0.25, 0.3) is 0 Å². The molecule has 1 unspecified atom stereocenters. The lowest BCUT2D eigenvalue weighted by molar-refractivity contribution is 0.00259. The Morgan fingerprint density at radius 2 is 2.40 bits per heavy atom. The normalized spacial score (nSPS) is 31.0. The van der Waals surface area contributed by atoms with Crippen molar-refractivity contribution < 1.29 is 4.74 Å². The van der Waals surface area contributed by atoms with Gasteiger partial charge in [0, 0.05) is 19.5 Å². The van der Waals surface area contributed by atoms with E-state index in [1.54, 1.807) is 19.5 Å². The Bertz CT molecular complexity index is 159. The Morgan fingerprint density at radius 3 is 2.70 bits per heavy atom. The molecule has 1 aliphatic heterocycles. The molecule has 1 aliphatic rings. The van der Waals surface area contributed by atoms with Crippen LogP contribution in [-0.4, -0.2) is 31.8 Å². The van der Waals surface area contributed by atoms with Crippen molar-refractivity contribution in [3.8, 4) is 0 Å². The van der Waals surface area contributed by atoms with E-state index in [4.69, 9.17) is 4.74 Å². The average molecular weight is 140 g/mol. The van der Waals surface area contributed by atoms with Gasteiger partial charge < -0.3 is 4.74 Å². The third-order valence-electron chi connectivity index (χ3n) is 1.75. The van der Waals surface area contributed by atoms with E-state index in [0.29, 0.717) is 6.54 Å². The summed E-state index contributed by atoms with van der Waals surface area (Å²) in [6, 6.07) is 0. The molecule has 0 aromatic heterocycles. The van der Waals surface area contributed by atoms with Gasteiger partial charge in [0.15, 0.2) is 5.72 Å². The van der Waals surface area contributed by atoms with Crippen molar-refractivity contribution in [1.29, 1.82) is 0 Å². The highest BCUT2D eigenvalue weighted by atomic mass is 16.5. The first-order valence-electron chi connectivity index (χ1n) is 3.42. The van der Waals surface area contributed by atoms with E-state index < -0.39 is 0 Å². The Labute approximate surface area is 60.8 Å². The number of rotatable bonds is 2. The Hall–Kier alpha value is -0.700. The number of hydrogen-bond acceptors (Lipinski definition) is 3. The zero-order valence-electron chi connectivity index (χ0n) is 6.37. The van der Waals surface area contributed by atoms with Gasteiger partial charge in [0.2, 0.25) is 0 Å². The molecular weight excluding hydrogens is 128 g/mol. The van der Waals surface area contributed by atoms with Gasteiger partial charge in [0.25, 0.3) is 0 Å². The first kappa shape index (κ1) is 7.41. The van der Waals surface area contributed by atoms with E-state index in [0.717, 1.165) is 6.42 Å². The van der Waals surface area contributed by atoms with E-state index in [1.807, 2.05) is 6.92 Å². The summed E-state index contributed by atoms with van der Waals surface area (Å²) in [5, 5.41) is 0. The van der Waals surface area contributed by atoms with Crippen LogP contribution in [0.3, 0.4) is 0 Å². The van der Waals surface area contributed by atoms with Crippen molar-refractivity contribution >= 4 is 12.4 Å². The van der Waals surface area contributed by atoms with E-state index in [9.17, 15) is 0 Å². The molecule has 0 radical (unpaired) electrons. The third kappa shape index (κ3) is 1.24. The molecule has 0 saturated carbocycles. The molecule has 56 valence electrons. The van der Waals surface area contributed by atoms with Crippen LogP contribution in [0.5, 0.6) is 0 Å². The lowest BCUT2D eigenvalue weighted by Crippen LogP contribution is -2.33. The maximum absolute atomic E-state index is 5.22. The van der Waals surface area contributed by atoms with Gasteiger partial charge in [0.05, 0.1) is 6.54 Å². The molecule has 0 aliphatic carbocycles. The number of ether oxygens (including phenoxy) is 1. The molecule has 0 amide bonds. The van der Waals surface area contributed by atoms with Crippen LogP contribution in [0.1, 0.15) is 13.3 Å². The molecule has 1 rings (SSSR count). The van der Waals surface area contributed by atoms with E-state index in [2.05, 4.69) is 9.98 Å². The maximum atomic E-state index is 5.22. The number of hydrogen-bond donors (Lipinski definition) is 0. The number of aliphatic imine (C=N–C) groups is 2. The van der Waals surface area contributed by atoms with Gasteiger partial charge in [-0.1, -0.05) is 6.92 Å². The van der Waals surface area contributed by atoms with Crippen LogP contribution < -0.4 is 0 Å². The standard InChI is InChI=1S/C7H12N2O/c1-3-7(10-2)6-8-4-5-9-7/h4-5H,3,6H2,1-2H3. The van der Waals surface area contributed by atoms with Gasteiger partial charge in [0.1, 0.15) is 0 Å². The summed E-state index contributed by atoms with van der Waals surface area (Å²) >= 11 is 0. The van der Waals surface area contributed by atoms with Gasteiger partial charge in [-0.05, 0) is 6.42 Å². The van der Waals surface area contributed by atoms with Gasteiger partial charge >= 0.3 is 0 Å². The zero-order chi connectivity index (χ0) is 7.45. The topological polar surface area (TPSA) is 34.0 Å². The lowest BCUT2D eigenvalue weighted by Gasteiger charge is -2.26. The molecule has 0 aromatic carbocycles. The van der Waals surface area contributed by atoms with E-state index >= 15 is 0 Å². The van der Waals surface area contributed by atoms with E-state index in [1.165, 1.54) is 0 Å². The predicted octanol–water partition coefficient (Wildman–Crippen LogP) is 0.894. The molecule has 1 heterocycles. The summed E-state index contributed by atoms with van der Waals surface area (Å²) in [5.41, 5.74) is -0.366. The highest BCUT2D eigenvalue weighted by Crippen LogP contribution is 2.17. The van der Waals surface area contributed by atoms with Crippen molar-refractivity contribution in [3.05, 3.63) is 0 Å². The predicted molar refractivity (Wildman–Crippen MR) is 41.9 cm³/mol. The summed E-state index contributed by atoms with van der Waals surface area (Å²) in [5.74, 6) is 0. The third-order valence-corrected chi connectivity index (χ3v) is 1.75. The molecule has 0 aromatic rings. The van der Waals surface area contributed by atoms with Gasteiger partial charge in [-0.2, -0.15) is 0 Å². The SMILES string of the molecule is CCC1(OC)CN=CC=N1. The van der Waals surface area contributed by atoms with Crippen molar-refractivity contribution in [1.82, 2.24) is 0 Å². The average Bonchev–Trinajstić information content (AvgIpc) is 2.06. The molecule has 3 heteroatoms. The first-order valence-corrected chi connectivity index (χ1v) is 3.42. The molecule has 0 bridgehead atoms. The van der Waals surface area contributed by atoms with Crippen LogP contribution in [0.4, 0.5) is 0 Å². The highest BCUT2D eigenvalue weighted by molar-refractivity contribution is 6.16. The minimum Gasteiger partial charge on any atom is -0.355 e. The molecule has 3 nitrogen and oxygen atoms in total. The molecular formula is C7H12N2O. The maximum Gasteiger partial charge on any atom is 0.177 e. The van der Waals surface area contributed by atoms with Crippen molar-refractivity contribution in [2.45, 2.75) is 19.1 Å². The Balaban J connectivity index is 2.66. The fourth-order valence-electron chi connectivity index (χ4n) is 0.917. The molecule has 0 N–H and O–H groups in total. The molecule has 0 saturated heterocycles. The Morgan fingerprint density at radius 1 is 1.60 bits per heavy atom. The fraction of sp³-hybridized carbons (Fsp3) is 0.714. The van der Waals surface area contributed by atoms with Crippen LogP contribution in [0.15, 0.2) is 9.98 Å². The second kappa shape index (κ2) is 2.92. The molecule has 0 spiro atoms. The van der Waals surface area contributed by atoms with Crippen molar-refractivity contribution in [2.75, 3.05) is 13.7 Å². The lowest BCUT2D eigenvalue weighted by atomic mass is 10.1. The van der Waals surface area contributed by atoms with Crippen LogP contribution in [0, 0.1) is 0 Å². The van der Waals surface area contributed by atoms with Gasteiger partial charge in [-0.3, -0.25) is 9.98 Å². The number of nitrogens with zero attached hydrogens (tertiary/aromatic N) is 2. The molecule has 0 fully saturated rings. The minimum atomic E-state index is -0.366. The van der Waals surface area contributed by atoms with E-state index in [-0.39, 0.29) is 5.72 Å². The smallest absolute Gasteiger partial charge is 0.177 e. The summed E-state index contributed by atoms with van der Waals surface area (Å²) in [7, 11) is 1.67. The van der Waals surface area contributed by atoms with Crippen LogP contribution in [-0.2, 0) is 4.74 Å². The zero-order valence-corrected chi connectivity index (χ0v) is 6.37. The largest absolute Gasteiger partial charge is 0.355 e. The quantitative estimate of drug-likeness (QED) is 0.561. The highest BCUT2D eigenvalue weighted by Gasteiger charge is 2.26. The molecule has 10 heavy (non-hydrogen) atoms. The van der Waals surface area contributed by atoms with Crippen molar-refractivity contribution in [3.63, 3.8) is 0 Å². The minimum absolute atomic E-state index is 0.366. The second-order valence-corrected chi connectivity index (χ2v) is 2.27. The molecule has 1 atom stereocenters. The monoisotopic (exact) mass is 140 g/mol. The summed E-state index contributed by atoms with van der Waals surface area (Å²) < 4.78 is 5.22. The first-order chi connectivity index (χ1) is 4.83. The van der Waals surface area contributed by atoms with Gasteiger partial charge in [-0.25, -0.2) is 0 Å². The fourth-order valence-corrected chi connectivity index (χ4v) is 0.917. The van der Waals surface area contributed by atoms with Crippen LogP contribution >= 0.6 is 0 Å². The summed E-state index contributed by atoms with van der Waals surface area (Å²) in [4.78, 5) is 8.27. The van der Waals surface area contributed by atoms with Crippen LogP contribution in [0.2, 0.25) is 0 Å². The Kier molecular flexibility index (Phi) is 2.17. The summed E-state index contributed by atoms with van der Waals surface area (Å²) in [6.07, 6.45) is 4.26. The number of methoxy groups -OCH3 is 1. The van der Waals surface area contributed by atoms with Gasteiger partial charge in [-0.15, -0.1) is 0 Å². The van der Waals surface area contributed by atoms with Crippen molar-refractivity contribution in [2.24, 2.45) is 9.98 Å². The second-order valence-electron chi connectivity index (χ2n) is 2.27. The summed E-state index contributed by atoms with van der Waals surface area (Å²) in [6.45, 7) is 2.69.